The van der Waals surface area contributed by atoms with E-state index in [1.165, 1.54) is 18.5 Å². The van der Waals surface area contributed by atoms with Crippen molar-refractivity contribution >= 4 is 21.9 Å². The number of halogens is 1. The third-order valence-electron chi connectivity index (χ3n) is 2.83. The first kappa shape index (κ1) is 14.5. The Kier molecular flexibility index (Phi) is 4.39. The molecular formula is C15H14BrNO3. The Balaban J connectivity index is 2.43. The van der Waals surface area contributed by atoms with Gasteiger partial charge in [0.1, 0.15) is 11.3 Å². The molecule has 5 heteroatoms. The molecule has 0 aliphatic heterocycles. The molecule has 0 aliphatic rings. The van der Waals surface area contributed by atoms with E-state index in [0.717, 1.165) is 10.0 Å². The van der Waals surface area contributed by atoms with Crippen molar-refractivity contribution in [1.29, 1.82) is 0 Å². The summed E-state index contributed by atoms with van der Waals surface area (Å²) >= 11 is 3.43. The van der Waals surface area contributed by atoms with Gasteiger partial charge in [0.2, 0.25) is 0 Å². The lowest BCUT2D eigenvalue weighted by Crippen LogP contribution is -2.02. The lowest BCUT2D eigenvalue weighted by atomic mass is 10.0. The standard InChI is InChI=1S/C15H14BrNO3/c1-9(2)12-7-10(16)3-4-13(12)20-14-8-17-6-5-11(14)15(18)19/h3-9H,1-2H3,(H,18,19). The second kappa shape index (κ2) is 6.05. The van der Waals surface area contributed by atoms with E-state index in [0.29, 0.717) is 5.75 Å². The van der Waals surface area contributed by atoms with Crippen molar-refractivity contribution in [3.63, 3.8) is 0 Å². The lowest BCUT2D eigenvalue weighted by Gasteiger charge is -2.15. The number of nitrogens with zero attached hydrogens (tertiary/aromatic N) is 1. The molecule has 1 aromatic heterocycles. The minimum absolute atomic E-state index is 0.0950. The van der Waals surface area contributed by atoms with Gasteiger partial charge < -0.3 is 9.84 Å². The van der Waals surface area contributed by atoms with Gasteiger partial charge >= 0.3 is 5.97 Å². The van der Waals surface area contributed by atoms with Crippen molar-refractivity contribution < 1.29 is 14.6 Å². The summed E-state index contributed by atoms with van der Waals surface area (Å²) in [5, 5.41) is 9.15. The summed E-state index contributed by atoms with van der Waals surface area (Å²) in [6.45, 7) is 4.10. The molecule has 20 heavy (non-hydrogen) atoms. The zero-order chi connectivity index (χ0) is 14.7. The Morgan fingerprint density at radius 3 is 2.70 bits per heavy atom. The maximum Gasteiger partial charge on any atom is 0.339 e. The number of aromatic nitrogens is 1. The minimum Gasteiger partial charge on any atom is -0.478 e. The molecule has 0 unspecified atom stereocenters. The summed E-state index contributed by atoms with van der Waals surface area (Å²) in [7, 11) is 0. The molecule has 2 aromatic rings. The Morgan fingerprint density at radius 2 is 2.05 bits per heavy atom. The summed E-state index contributed by atoms with van der Waals surface area (Å²) in [6, 6.07) is 7.07. The zero-order valence-electron chi connectivity index (χ0n) is 11.1. The van der Waals surface area contributed by atoms with Crippen LogP contribution in [0.5, 0.6) is 11.5 Å². The molecule has 104 valence electrons. The molecule has 0 atom stereocenters. The van der Waals surface area contributed by atoms with Crippen LogP contribution in [-0.2, 0) is 0 Å². The molecule has 0 saturated carbocycles. The maximum absolute atomic E-state index is 11.2. The fourth-order valence-corrected chi connectivity index (χ4v) is 2.20. The van der Waals surface area contributed by atoms with Gasteiger partial charge in [-0.15, -0.1) is 0 Å². The SMILES string of the molecule is CC(C)c1cc(Br)ccc1Oc1cnccc1C(=O)O. The second-order valence-corrected chi connectivity index (χ2v) is 5.53. The third kappa shape index (κ3) is 3.17. The number of pyridine rings is 1. The van der Waals surface area contributed by atoms with Gasteiger partial charge in [-0.1, -0.05) is 29.8 Å². The average molecular weight is 336 g/mol. The fraction of sp³-hybridized carbons (Fsp3) is 0.200. The lowest BCUT2D eigenvalue weighted by molar-refractivity contribution is 0.0694. The van der Waals surface area contributed by atoms with Crippen LogP contribution in [0.15, 0.2) is 41.1 Å². The quantitative estimate of drug-likeness (QED) is 0.896. The Hall–Kier alpha value is -1.88. The molecule has 0 aliphatic carbocycles. The summed E-state index contributed by atoms with van der Waals surface area (Å²) in [4.78, 5) is 15.1. The van der Waals surface area contributed by atoms with Crippen LogP contribution in [-0.4, -0.2) is 16.1 Å². The van der Waals surface area contributed by atoms with Crippen molar-refractivity contribution in [1.82, 2.24) is 4.98 Å². The van der Waals surface area contributed by atoms with E-state index in [-0.39, 0.29) is 17.2 Å². The molecule has 0 saturated heterocycles. The molecule has 0 fully saturated rings. The van der Waals surface area contributed by atoms with E-state index in [1.807, 2.05) is 18.2 Å². The van der Waals surface area contributed by atoms with Crippen molar-refractivity contribution in [2.75, 3.05) is 0 Å². The highest BCUT2D eigenvalue weighted by molar-refractivity contribution is 9.10. The molecular weight excluding hydrogens is 322 g/mol. The number of carboxylic acid groups (broad SMARTS) is 1. The van der Waals surface area contributed by atoms with Gasteiger partial charge in [0, 0.05) is 10.7 Å². The summed E-state index contributed by atoms with van der Waals surface area (Å²) in [6.07, 6.45) is 2.84. The van der Waals surface area contributed by atoms with Crippen molar-refractivity contribution in [2.24, 2.45) is 0 Å². The molecule has 1 aromatic carbocycles. The van der Waals surface area contributed by atoms with Crippen molar-refractivity contribution in [3.05, 3.63) is 52.3 Å². The molecule has 0 radical (unpaired) electrons. The monoisotopic (exact) mass is 335 g/mol. The van der Waals surface area contributed by atoms with E-state index in [2.05, 4.69) is 34.8 Å². The average Bonchev–Trinajstić information content (AvgIpc) is 2.41. The van der Waals surface area contributed by atoms with Crippen LogP contribution in [0, 0.1) is 0 Å². The summed E-state index contributed by atoms with van der Waals surface area (Å²) < 4.78 is 6.71. The Labute approximate surface area is 125 Å². The topological polar surface area (TPSA) is 59.4 Å². The highest BCUT2D eigenvalue weighted by Gasteiger charge is 2.15. The van der Waals surface area contributed by atoms with Gasteiger partial charge in [0.05, 0.1) is 6.20 Å². The molecule has 0 bridgehead atoms. The van der Waals surface area contributed by atoms with Gasteiger partial charge in [0.25, 0.3) is 0 Å². The molecule has 0 spiro atoms. The number of aromatic carboxylic acids is 1. The number of carboxylic acids is 1. The van der Waals surface area contributed by atoms with Gasteiger partial charge in [-0.3, -0.25) is 4.98 Å². The Bertz CT molecular complexity index is 641. The number of hydrogen-bond acceptors (Lipinski definition) is 3. The van der Waals surface area contributed by atoms with Gasteiger partial charge in [-0.2, -0.15) is 0 Å². The summed E-state index contributed by atoms with van der Waals surface area (Å²) in [5.41, 5.74) is 1.09. The maximum atomic E-state index is 11.2. The number of ether oxygens (including phenoxy) is 1. The Morgan fingerprint density at radius 1 is 1.30 bits per heavy atom. The summed E-state index contributed by atoms with van der Waals surface area (Å²) in [5.74, 6) is 0.0981. The van der Waals surface area contributed by atoms with Gasteiger partial charge in [-0.05, 0) is 35.7 Å². The van der Waals surface area contributed by atoms with Crippen LogP contribution >= 0.6 is 15.9 Å². The van der Waals surface area contributed by atoms with E-state index < -0.39 is 5.97 Å². The fourth-order valence-electron chi connectivity index (χ4n) is 1.82. The van der Waals surface area contributed by atoms with Crippen molar-refractivity contribution in [3.8, 4) is 11.5 Å². The number of carbonyl (C=O) groups is 1. The first-order valence-corrected chi connectivity index (χ1v) is 6.93. The van der Waals surface area contributed by atoms with Crippen LogP contribution in [0.1, 0.15) is 35.7 Å². The molecule has 0 amide bonds. The molecule has 4 nitrogen and oxygen atoms in total. The molecule has 2 rings (SSSR count). The van der Waals surface area contributed by atoms with Crippen LogP contribution in [0.4, 0.5) is 0 Å². The van der Waals surface area contributed by atoms with Crippen LogP contribution in [0.3, 0.4) is 0 Å². The smallest absolute Gasteiger partial charge is 0.339 e. The largest absolute Gasteiger partial charge is 0.478 e. The van der Waals surface area contributed by atoms with Gasteiger partial charge in [0.15, 0.2) is 5.75 Å². The van der Waals surface area contributed by atoms with Gasteiger partial charge in [-0.25, -0.2) is 4.79 Å². The zero-order valence-corrected chi connectivity index (χ0v) is 12.7. The van der Waals surface area contributed by atoms with E-state index in [9.17, 15) is 4.79 Å². The highest BCUT2D eigenvalue weighted by atomic mass is 79.9. The van der Waals surface area contributed by atoms with E-state index in [4.69, 9.17) is 9.84 Å². The minimum atomic E-state index is -1.04. The predicted molar refractivity (Wildman–Crippen MR) is 79.5 cm³/mol. The second-order valence-electron chi connectivity index (χ2n) is 4.62. The highest BCUT2D eigenvalue weighted by Crippen LogP contribution is 2.33. The third-order valence-corrected chi connectivity index (χ3v) is 3.32. The van der Waals surface area contributed by atoms with Crippen LogP contribution in [0.2, 0.25) is 0 Å². The molecule has 1 heterocycles. The van der Waals surface area contributed by atoms with E-state index in [1.54, 1.807) is 0 Å². The van der Waals surface area contributed by atoms with Crippen LogP contribution in [0.25, 0.3) is 0 Å². The molecule has 1 N–H and O–H groups in total. The number of rotatable bonds is 4. The van der Waals surface area contributed by atoms with Crippen LogP contribution < -0.4 is 4.74 Å². The van der Waals surface area contributed by atoms with E-state index >= 15 is 0 Å². The normalized spacial score (nSPS) is 10.6. The predicted octanol–water partition coefficient (Wildman–Crippen LogP) is 4.46. The first-order chi connectivity index (χ1) is 9.49. The first-order valence-electron chi connectivity index (χ1n) is 6.13. The number of hydrogen-bond donors (Lipinski definition) is 1. The van der Waals surface area contributed by atoms with Crippen molar-refractivity contribution in [2.45, 2.75) is 19.8 Å². The number of benzene rings is 1.